The fraction of sp³-hybridized carbons (Fsp3) is 0.939. The molecule has 2 aliphatic heterocycles. The molecule has 0 bridgehead atoms. The maximum absolute atomic E-state index is 12.9. The van der Waals surface area contributed by atoms with Gasteiger partial charge < -0.3 is 65.1 Å². The van der Waals surface area contributed by atoms with Crippen molar-refractivity contribution >= 4 is 5.91 Å². The third-order valence-corrected chi connectivity index (χ3v) is 12.7. The number of unbranched alkanes of at least 4 members (excludes halogenated alkanes) is 26. The number of allylic oxidation sites excluding steroid dienone is 1. The normalized spacial score (nSPS) is 27.5. The van der Waals surface area contributed by atoms with Crippen molar-refractivity contribution in [2.24, 2.45) is 0 Å². The van der Waals surface area contributed by atoms with Crippen molar-refractivity contribution in [2.45, 2.75) is 274 Å². The van der Waals surface area contributed by atoms with E-state index in [0.29, 0.717) is 6.42 Å². The molecule has 0 saturated carbocycles. The van der Waals surface area contributed by atoms with Crippen molar-refractivity contribution < 1.29 is 64.6 Å². The summed E-state index contributed by atoms with van der Waals surface area (Å²) in [6.07, 6.45) is 21.8. The molecule has 0 spiro atoms. The Bertz CT molecular complexity index is 1120. The predicted octanol–water partition coefficient (Wildman–Crippen LogP) is 6.38. The van der Waals surface area contributed by atoms with Gasteiger partial charge in [0.25, 0.3) is 0 Å². The Labute approximate surface area is 380 Å². The van der Waals surface area contributed by atoms with Gasteiger partial charge in [0, 0.05) is 6.42 Å². The van der Waals surface area contributed by atoms with Crippen LogP contribution in [0.4, 0.5) is 0 Å². The minimum Gasteiger partial charge on any atom is -0.394 e. The van der Waals surface area contributed by atoms with Gasteiger partial charge in [-0.15, -0.1) is 0 Å². The average molecular weight is 904 g/mol. The minimum atomic E-state index is -1.78. The van der Waals surface area contributed by atoms with Crippen LogP contribution in [0.1, 0.15) is 200 Å². The van der Waals surface area contributed by atoms with Gasteiger partial charge in [0.05, 0.1) is 32.0 Å². The second-order valence-electron chi connectivity index (χ2n) is 18.3. The molecule has 0 aromatic heterocycles. The van der Waals surface area contributed by atoms with Crippen LogP contribution >= 0.6 is 0 Å². The topological polar surface area (TPSA) is 228 Å². The van der Waals surface area contributed by atoms with E-state index in [4.69, 9.17) is 18.9 Å². The molecule has 14 nitrogen and oxygen atoms in total. The molecule has 9 N–H and O–H groups in total. The summed E-state index contributed by atoms with van der Waals surface area (Å²) in [5, 5.41) is 86.3. The van der Waals surface area contributed by atoms with E-state index in [1.807, 2.05) is 6.08 Å². The van der Waals surface area contributed by atoms with Crippen LogP contribution in [0, 0.1) is 0 Å². The standard InChI is InChI=1S/C49H93NO13/c1-3-5-7-9-10-11-12-13-14-15-16-17-18-19-20-21-22-23-24-25-26-27-29-30-32-38(53)37(50-41(54)33-31-28-8-6-4-2)36-60-48-46(59)44(57)47(40(35-52)62-48)63-49-45(58)43(56)42(55)39(34-51)61-49/h30,32,37-40,42-49,51-53,55-59H,3-29,31,33-36H2,1-2H3,(H,50,54)/b32-30+. The van der Waals surface area contributed by atoms with Gasteiger partial charge in [-0.3, -0.25) is 4.79 Å². The zero-order valence-corrected chi connectivity index (χ0v) is 39.3. The van der Waals surface area contributed by atoms with Crippen molar-refractivity contribution in [2.75, 3.05) is 19.8 Å². The summed E-state index contributed by atoms with van der Waals surface area (Å²) in [5.74, 6) is -0.251. The van der Waals surface area contributed by atoms with E-state index in [-0.39, 0.29) is 18.9 Å². The Morgan fingerprint density at radius 3 is 1.46 bits per heavy atom. The first-order chi connectivity index (χ1) is 30.6. The highest BCUT2D eigenvalue weighted by Crippen LogP contribution is 2.30. The van der Waals surface area contributed by atoms with Gasteiger partial charge in [0.15, 0.2) is 12.6 Å². The van der Waals surface area contributed by atoms with Crippen molar-refractivity contribution in [3.63, 3.8) is 0 Å². The van der Waals surface area contributed by atoms with Crippen LogP contribution in [-0.4, -0.2) is 140 Å². The van der Waals surface area contributed by atoms with Gasteiger partial charge >= 0.3 is 0 Å². The number of nitrogens with one attached hydrogen (secondary N) is 1. The van der Waals surface area contributed by atoms with Crippen LogP contribution in [0.15, 0.2) is 12.2 Å². The lowest BCUT2D eigenvalue weighted by Crippen LogP contribution is -2.65. The molecule has 0 aromatic rings. The second-order valence-corrected chi connectivity index (χ2v) is 18.3. The molecule has 2 rings (SSSR count). The molecule has 1 amide bonds. The Hall–Kier alpha value is -1.27. The molecule has 0 radical (unpaired) electrons. The smallest absolute Gasteiger partial charge is 0.220 e. The monoisotopic (exact) mass is 904 g/mol. The predicted molar refractivity (Wildman–Crippen MR) is 245 cm³/mol. The molecule has 2 aliphatic rings. The maximum Gasteiger partial charge on any atom is 0.220 e. The van der Waals surface area contributed by atoms with Crippen molar-refractivity contribution in [1.82, 2.24) is 5.32 Å². The average Bonchev–Trinajstić information content (AvgIpc) is 3.28. The van der Waals surface area contributed by atoms with Gasteiger partial charge in [0.1, 0.15) is 48.8 Å². The van der Waals surface area contributed by atoms with Gasteiger partial charge in [-0.05, 0) is 19.3 Å². The quantitative estimate of drug-likeness (QED) is 0.0241. The molecule has 12 atom stereocenters. The summed E-state index contributed by atoms with van der Waals surface area (Å²) in [6.45, 7) is 2.69. The summed E-state index contributed by atoms with van der Waals surface area (Å²) in [4.78, 5) is 12.9. The zero-order valence-electron chi connectivity index (χ0n) is 39.3. The van der Waals surface area contributed by atoms with Crippen molar-refractivity contribution in [3.8, 4) is 0 Å². The van der Waals surface area contributed by atoms with Gasteiger partial charge in [-0.2, -0.15) is 0 Å². The van der Waals surface area contributed by atoms with Crippen LogP contribution in [0.25, 0.3) is 0 Å². The second kappa shape index (κ2) is 36.8. The first-order valence-corrected chi connectivity index (χ1v) is 25.4. The number of rotatable bonds is 39. The number of hydrogen-bond acceptors (Lipinski definition) is 13. The van der Waals surface area contributed by atoms with Crippen molar-refractivity contribution in [3.05, 3.63) is 12.2 Å². The molecule has 372 valence electrons. The largest absolute Gasteiger partial charge is 0.394 e. The lowest BCUT2D eigenvalue weighted by atomic mass is 9.97. The first kappa shape index (κ1) is 57.9. The molecule has 63 heavy (non-hydrogen) atoms. The Morgan fingerprint density at radius 1 is 0.556 bits per heavy atom. The fourth-order valence-electron chi connectivity index (χ4n) is 8.53. The third kappa shape index (κ3) is 24.4. The third-order valence-electron chi connectivity index (χ3n) is 12.7. The highest BCUT2D eigenvalue weighted by atomic mass is 16.7. The number of hydrogen-bond donors (Lipinski definition) is 9. The molecule has 2 fully saturated rings. The molecule has 12 unspecified atom stereocenters. The number of aliphatic hydroxyl groups is 8. The lowest BCUT2D eigenvalue weighted by Gasteiger charge is -2.46. The van der Waals surface area contributed by atoms with E-state index in [9.17, 15) is 45.6 Å². The maximum atomic E-state index is 12.9. The van der Waals surface area contributed by atoms with Crippen LogP contribution in [0.2, 0.25) is 0 Å². The van der Waals surface area contributed by atoms with E-state index < -0.39 is 86.8 Å². The van der Waals surface area contributed by atoms with E-state index >= 15 is 0 Å². The molecular formula is C49H93NO13. The molecule has 14 heteroatoms. The van der Waals surface area contributed by atoms with E-state index in [1.54, 1.807) is 6.08 Å². The zero-order chi connectivity index (χ0) is 46.1. The number of ether oxygens (including phenoxy) is 4. The Morgan fingerprint density at radius 2 is 0.984 bits per heavy atom. The summed E-state index contributed by atoms with van der Waals surface area (Å²) >= 11 is 0. The SMILES string of the molecule is CCCCCCCCCCCCCCCCCCCCCCCC/C=C/C(O)C(COC1OC(CO)C(OC2OC(CO)C(O)C(O)C2O)C(O)C1O)NC(=O)CCCCCCC. The number of amides is 1. The summed E-state index contributed by atoms with van der Waals surface area (Å²) in [5.41, 5.74) is 0. The molecular weight excluding hydrogens is 811 g/mol. The highest BCUT2D eigenvalue weighted by molar-refractivity contribution is 5.76. The van der Waals surface area contributed by atoms with Gasteiger partial charge in [0.2, 0.25) is 5.91 Å². The Kier molecular flexibility index (Phi) is 33.8. The molecule has 2 saturated heterocycles. The summed E-state index contributed by atoms with van der Waals surface area (Å²) in [6, 6.07) is -0.905. The van der Waals surface area contributed by atoms with Crippen LogP contribution < -0.4 is 5.32 Å². The summed E-state index contributed by atoms with van der Waals surface area (Å²) < 4.78 is 22.6. The number of carbonyl (C=O) groups is 1. The minimum absolute atomic E-state index is 0.251. The van der Waals surface area contributed by atoms with Gasteiger partial charge in [-0.1, -0.05) is 187 Å². The molecule has 0 aromatic carbocycles. The van der Waals surface area contributed by atoms with E-state index in [2.05, 4.69) is 19.2 Å². The highest BCUT2D eigenvalue weighted by Gasteiger charge is 2.51. The van der Waals surface area contributed by atoms with E-state index in [0.717, 1.165) is 44.9 Å². The first-order valence-electron chi connectivity index (χ1n) is 25.4. The number of carbonyl (C=O) groups excluding carboxylic acids is 1. The lowest BCUT2D eigenvalue weighted by molar-refractivity contribution is -0.359. The van der Waals surface area contributed by atoms with Crippen LogP contribution in [0.3, 0.4) is 0 Å². The number of aliphatic hydroxyl groups excluding tert-OH is 8. The van der Waals surface area contributed by atoms with Crippen molar-refractivity contribution in [1.29, 1.82) is 0 Å². The van der Waals surface area contributed by atoms with Gasteiger partial charge in [-0.25, -0.2) is 0 Å². The molecule has 2 heterocycles. The fourth-order valence-corrected chi connectivity index (χ4v) is 8.53. The Balaban J connectivity index is 1.70. The van der Waals surface area contributed by atoms with Crippen LogP contribution in [-0.2, 0) is 23.7 Å². The molecule has 0 aliphatic carbocycles. The summed E-state index contributed by atoms with van der Waals surface area (Å²) in [7, 11) is 0. The van der Waals surface area contributed by atoms with Crippen LogP contribution in [0.5, 0.6) is 0 Å². The van der Waals surface area contributed by atoms with E-state index in [1.165, 1.54) is 128 Å².